The summed E-state index contributed by atoms with van der Waals surface area (Å²) in [6.07, 6.45) is 6.24. The number of nitrogens with zero attached hydrogens (tertiary/aromatic N) is 1. The van der Waals surface area contributed by atoms with Crippen LogP contribution in [0.2, 0.25) is 0 Å². The van der Waals surface area contributed by atoms with Gasteiger partial charge in [0.2, 0.25) is 5.91 Å². The van der Waals surface area contributed by atoms with Gasteiger partial charge in [0, 0.05) is 12.6 Å². The first-order chi connectivity index (χ1) is 10.2. The molecular formula is C17H19NO3. The zero-order valence-corrected chi connectivity index (χ0v) is 12.4. The molecule has 3 aliphatic rings. The van der Waals surface area contributed by atoms with Crippen molar-refractivity contribution in [3.05, 3.63) is 34.9 Å². The van der Waals surface area contributed by atoms with E-state index < -0.39 is 0 Å². The number of benzene rings is 1. The molecule has 1 spiro atoms. The average molecular weight is 285 g/mol. The number of rotatable bonds is 2. The molecule has 21 heavy (non-hydrogen) atoms. The average Bonchev–Trinajstić information content (AvgIpc) is 2.97. The first-order valence-corrected chi connectivity index (χ1v) is 7.49. The van der Waals surface area contributed by atoms with Crippen molar-refractivity contribution in [2.45, 2.75) is 37.8 Å². The number of ether oxygens (including phenoxy) is 2. The molecule has 0 radical (unpaired) electrons. The third kappa shape index (κ3) is 1.48. The standard InChI is InChI=1S/C17H19NO3/c1-20-14-7-11-10-18-16(19)8-12-5-3-4-6-17(12,18)13(11)9-15(14)21-2/h7-9H,3-6,10H2,1-2H3. The van der Waals surface area contributed by atoms with Crippen LogP contribution in [0.5, 0.6) is 11.5 Å². The summed E-state index contributed by atoms with van der Waals surface area (Å²) in [5.41, 5.74) is 3.50. The SMILES string of the molecule is COc1cc2c(cc1OC)C13CCCCC1=CC(=O)N3C2. The van der Waals surface area contributed by atoms with E-state index >= 15 is 0 Å². The topological polar surface area (TPSA) is 38.8 Å². The Morgan fingerprint density at radius 1 is 1.14 bits per heavy atom. The molecule has 1 unspecified atom stereocenters. The second kappa shape index (κ2) is 4.26. The van der Waals surface area contributed by atoms with Crippen LogP contribution in [0.4, 0.5) is 0 Å². The predicted octanol–water partition coefficient (Wildman–Crippen LogP) is 2.76. The van der Waals surface area contributed by atoms with Gasteiger partial charge in [-0.3, -0.25) is 4.79 Å². The van der Waals surface area contributed by atoms with Crippen LogP contribution in [0.3, 0.4) is 0 Å². The number of carbonyl (C=O) groups excluding carboxylic acids is 1. The highest BCUT2D eigenvalue weighted by molar-refractivity contribution is 5.94. The molecule has 4 nitrogen and oxygen atoms in total. The van der Waals surface area contributed by atoms with Gasteiger partial charge < -0.3 is 14.4 Å². The van der Waals surface area contributed by atoms with Crippen molar-refractivity contribution in [2.24, 2.45) is 0 Å². The summed E-state index contributed by atoms with van der Waals surface area (Å²) in [6.45, 7) is 0.675. The number of carbonyl (C=O) groups is 1. The van der Waals surface area contributed by atoms with Crippen LogP contribution in [0.1, 0.15) is 36.8 Å². The monoisotopic (exact) mass is 285 g/mol. The Balaban J connectivity index is 1.93. The van der Waals surface area contributed by atoms with Crippen molar-refractivity contribution in [3.8, 4) is 11.5 Å². The van der Waals surface area contributed by atoms with Crippen molar-refractivity contribution < 1.29 is 14.3 Å². The molecule has 0 N–H and O–H groups in total. The molecule has 0 bridgehead atoms. The van der Waals surface area contributed by atoms with Crippen LogP contribution in [-0.2, 0) is 16.9 Å². The van der Waals surface area contributed by atoms with E-state index in [-0.39, 0.29) is 11.4 Å². The minimum absolute atomic E-state index is 0.154. The Labute approximate surface area is 124 Å². The normalized spacial score (nSPS) is 26.1. The van der Waals surface area contributed by atoms with Crippen molar-refractivity contribution in [3.63, 3.8) is 0 Å². The molecule has 4 rings (SSSR count). The van der Waals surface area contributed by atoms with E-state index in [0.717, 1.165) is 30.8 Å². The maximum absolute atomic E-state index is 12.4. The molecule has 1 aromatic rings. The van der Waals surface area contributed by atoms with Gasteiger partial charge in [-0.25, -0.2) is 0 Å². The van der Waals surface area contributed by atoms with Crippen LogP contribution in [-0.4, -0.2) is 25.0 Å². The number of hydrogen-bond acceptors (Lipinski definition) is 3. The summed E-state index contributed by atoms with van der Waals surface area (Å²) in [5.74, 6) is 1.64. The summed E-state index contributed by atoms with van der Waals surface area (Å²) in [6, 6.07) is 4.10. The van der Waals surface area contributed by atoms with E-state index in [0.29, 0.717) is 6.54 Å². The molecule has 1 saturated carbocycles. The van der Waals surface area contributed by atoms with E-state index in [1.165, 1.54) is 23.1 Å². The molecular weight excluding hydrogens is 266 g/mol. The lowest BCUT2D eigenvalue weighted by Gasteiger charge is -2.39. The van der Waals surface area contributed by atoms with E-state index in [9.17, 15) is 4.79 Å². The minimum atomic E-state index is -0.204. The van der Waals surface area contributed by atoms with Crippen LogP contribution in [0, 0.1) is 0 Å². The lowest BCUT2D eigenvalue weighted by Crippen LogP contribution is -2.41. The summed E-state index contributed by atoms with van der Waals surface area (Å²) in [7, 11) is 3.31. The van der Waals surface area contributed by atoms with E-state index in [4.69, 9.17) is 9.47 Å². The van der Waals surface area contributed by atoms with Crippen LogP contribution in [0.25, 0.3) is 0 Å². The molecule has 2 heterocycles. The largest absolute Gasteiger partial charge is 0.493 e. The van der Waals surface area contributed by atoms with Crippen molar-refractivity contribution in [1.82, 2.24) is 4.90 Å². The highest BCUT2D eigenvalue weighted by atomic mass is 16.5. The molecule has 1 aliphatic carbocycles. The molecule has 1 atom stereocenters. The van der Waals surface area contributed by atoms with Crippen molar-refractivity contribution in [2.75, 3.05) is 14.2 Å². The van der Waals surface area contributed by atoms with Gasteiger partial charge in [-0.2, -0.15) is 0 Å². The molecule has 0 aromatic heterocycles. The first kappa shape index (κ1) is 12.7. The van der Waals surface area contributed by atoms with Crippen molar-refractivity contribution >= 4 is 5.91 Å². The Bertz CT molecular complexity index is 664. The second-order valence-corrected chi connectivity index (χ2v) is 6.03. The third-order valence-corrected chi connectivity index (χ3v) is 5.17. The lowest BCUT2D eigenvalue weighted by molar-refractivity contribution is -0.129. The summed E-state index contributed by atoms with van der Waals surface area (Å²) in [4.78, 5) is 14.4. The van der Waals surface area contributed by atoms with Crippen LogP contribution >= 0.6 is 0 Å². The summed E-state index contributed by atoms with van der Waals surface area (Å²) in [5, 5.41) is 0. The van der Waals surface area contributed by atoms with Gasteiger partial charge in [0.15, 0.2) is 11.5 Å². The number of amides is 1. The predicted molar refractivity (Wildman–Crippen MR) is 78.3 cm³/mol. The fourth-order valence-electron chi connectivity index (χ4n) is 4.25. The Morgan fingerprint density at radius 3 is 2.67 bits per heavy atom. The molecule has 0 saturated heterocycles. The third-order valence-electron chi connectivity index (χ3n) is 5.17. The fraction of sp³-hybridized carbons (Fsp3) is 0.471. The molecule has 4 heteroatoms. The first-order valence-electron chi connectivity index (χ1n) is 7.49. The van der Waals surface area contributed by atoms with Gasteiger partial charge in [-0.05, 0) is 48.1 Å². The number of methoxy groups -OCH3 is 2. The van der Waals surface area contributed by atoms with Crippen molar-refractivity contribution in [1.29, 1.82) is 0 Å². The lowest BCUT2D eigenvalue weighted by atomic mass is 9.74. The zero-order valence-electron chi connectivity index (χ0n) is 12.4. The summed E-state index contributed by atoms with van der Waals surface area (Å²) >= 11 is 0. The molecule has 110 valence electrons. The number of fused-ring (bicyclic) bond motifs is 1. The minimum Gasteiger partial charge on any atom is -0.493 e. The van der Waals surface area contributed by atoms with Crippen LogP contribution in [0.15, 0.2) is 23.8 Å². The maximum Gasteiger partial charge on any atom is 0.247 e. The van der Waals surface area contributed by atoms with Gasteiger partial charge in [-0.1, -0.05) is 6.42 Å². The highest BCUT2D eigenvalue weighted by Crippen LogP contribution is 2.56. The summed E-state index contributed by atoms with van der Waals surface area (Å²) < 4.78 is 10.9. The zero-order chi connectivity index (χ0) is 14.6. The van der Waals surface area contributed by atoms with Gasteiger partial charge in [0.25, 0.3) is 0 Å². The highest BCUT2D eigenvalue weighted by Gasteiger charge is 2.54. The maximum atomic E-state index is 12.4. The Kier molecular flexibility index (Phi) is 2.59. The number of hydrogen-bond donors (Lipinski definition) is 0. The molecule has 1 fully saturated rings. The quantitative estimate of drug-likeness (QED) is 0.838. The Hall–Kier alpha value is -1.97. The van der Waals surface area contributed by atoms with Gasteiger partial charge >= 0.3 is 0 Å². The molecule has 1 aromatic carbocycles. The van der Waals surface area contributed by atoms with Gasteiger partial charge in [0.05, 0.1) is 19.8 Å². The fourth-order valence-corrected chi connectivity index (χ4v) is 4.25. The van der Waals surface area contributed by atoms with Crippen LogP contribution < -0.4 is 9.47 Å². The molecule has 1 amide bonds. The van der Waals surface area contributed by atoms with E-state index in [2.05, 4.69) is 6.07 Å². The smallest absolute Gasteiger partial charge is 0.247 e. The second-order valence-electron chi connectivity index (χ2n) is 6.03. The van der Waals surface area contributed by atoms with Gasteiger partial charge in [0.1, 0.15) is 0 Å². The van der Waals surface area contributed by atoms with Gasteiger partial charge in [-0.15, -0.1) is 0 Å². The van der Waals surface area contributed by atoms with E-state index in [1.54, 1.807) is 14.2 Å². The van der Waals surface area contributed by atoms with E-state index in [1.807, 2.05) is 17.0 Å². The Morgan fingerprint density at radius 2 is 1.90 bits per heavy atom. The molecule has 2 aliphatic heterocycles.